The van der Waals surface area contributed by atoms with Crippen LogP contribution < -0.4 is 20.3 Å². The van der Waals surface area contributed by atoms with Crippen molar-refractivity contribution in [3.05, 3.63) is 63.7 Å². The summed E-state index contributed by atoms with van der Waals surface area (Å²) in [6, 6.07) is 10.7. The molecule has 2 rings (SSSR count). The van der Waals surface area contributed by atoms with E-state index in [0.29, 0.717) is 17.1 Å². The Bertz CT molecular complexity index is 837. The smallest absolute Gasteiger partial charge is 0.276 e. The highest BCUT2D eigenvalue weighted by Crippen LogP contribution is 2.25. The van der Waals surface area contributed by atoms with E-state index in [1.54, 1.807) is 24.3 Å². The Hall–Kier alpha value is -3.62. The maximum Gasteiger partial charge on any atom is 0.276 e. The fourth-order valence-corrected chi connectivity index (χ4v) is 2.12. The lowest BCUT2D eigenvalue weighted by molar-refractivity contribution is -0.385. The first kappa shape index (κ1) is 18.7. The number of nitrogens with one attached hydrogen (secondary N) is 2. The van der Waals surface area contributed by atoms with Crippen LogP contribution >= 0.6 is 0 Å². The topological polar surface area (TPSA) is 120 Å². The zero-order valence-electron chi connectivity index (χ0n) is 14.1. The third kappa shape index (κ3) is 4.69. The van der Waals surface area contributed by atoms with Gasteiger partial charge >= 0.3 is 0 Å². The molecule has 2 amide bonds. The number of nitro benzene ring substituents is 1. The minimum absolute atomic E-state index is 0.0872. The van der Waals surface area contributed by atoms with Crippen LogP contribution in [-0.4, -0.2) is 30.5 Å². The van der Waals surface area contributed by atoms with E-state index in [1.165, 1.54) is 32.2 Å². The van der Waals surface area contributed by atoms with E-state index in [1.807, 2.05) is 0 Å². The summed E-state index contributed by atoms with van der Waals surface area (Å²) in [7, 11) is 1.48. The summed E-state index contributed by atoms with van der Waals surface area (Å²) in [6.45, 7) is 1.19. The molecule has 9 nitrogen and oxygen atoms in total. The fourth-order valence-electron chi connectivity index (χ4n) is 2.12. The van der Waals surface area contributed by atoms with E-state index < -0.39 is 16.7 Å². The Morgan fingerprint density at radius 2 is 1.81 bits per heavy atom. The zero-order valence-corrected chi connectivity index (χ0v) is 14.1. The molecule has 0 fully saturated rings. The van der Waals surface area contributed by atoms with Crippen LogP contribution in [0.4, 0.5) is 5.69 Å². The van der Waals surface area contributed by atoms with Gasteiger partial charge in [-0.15, -0.1) is 0 Å². The van der Waals surface area contributed by atoms with Crippen LogP contribution in [0.5, 0.6) is 11.5 Å². The highest BCUT2D eigenvalue weighted by atomic mass is 16.6. The van der Waals surface area contributed by atoms with Gasteiger partial charge in [0.25, 0.3) is 17.5 Å². The Balaban J connectivity index is 1.88. The predicted octanol–water partition coefficient (Wildman–Crippen LogP) is 1.75. The van der Waals surface area contributed by atoms with Crippen molar-refractivity contribution < 1.29 is 24.0 Å². The molecule has 2 aromatic rings. The highest BCUT2D eigenvalue weighted by molar-refractivity contribution is 5.95. The van der Waals surface area contributed by atoms with E-state index in [9.17, 15) is 19.7 Å². The monoisotopic (exact) mass is 359 g/mol. The number of nitrogens with zero attached hydrogens (tertiary/aromatic N) is 1. The van der Waals surface area contributed by atoms with Gasteiger partial charge in [-0.05, 0) is 31.2 Å². The summed E-state index contributed by atoms with van der Waals surface area (Å²) in [5.74, 6) is -0.315. The lowest BCUT2D eigenvalue weighted by Crippen LogP contribution is -2.43. The molecule has 0 saturated carbocycles. The van der Waals surface area contributed by atoms with Crippen molar-refractivity contribution in [1.82, 2.24) is 10.9 Å². The summed E-state index contributed by atoms with van der Waals surface area (Å²) < 4.78 is 10.4. The largest absolute Gasteiger partial charge is 0.493 e. The van der Waals surface area contributed by atoms with E-state index in [4.69, 9.17) is 9.47 Å². The molecule has 0 aliphatic rings. The van der Waals surface area contributed by atoms with Crippen molar-refractivity contribution >= 4 is 17.5 Å². The normalized spacial score (nSPS) is 9.92. The lowest BCUT2D eigenvalue weighted by Gasteiger charge is -2.11. The number of benzene rings is 2. The number of nitro groups is 1. The van der Waals surface area contributed by atoms with Crippen LogP contribution in [0.2, 0.25) is 0 Å². The predicted molar refractivity (Wildman–Crippen MR) is 91.9 cm³/mol. The Kier molecular flexibility index (Phi) is 6.10. The first-order valence-corrected chi connectivity index (χ1v) is 7.52. The molecule has 0 saturated heterocycles. The van der Waals surface area contributed by atoms with Crippen molar-refractivity contribution in [3.8, 4) is 11.5 Å². The highest BCUT2D eigenvalue weighted by Gasteiger charge is 2.14. The Labute approximate surface area is 149 Å². The summed E-state index contributed by atoms with van der Waals surface area (Å²) in [6.07, 6.45) is 0. The number of hydrazine groups is 1. The Morgan fingerprint density at radius 3 is 2.42 bits per heavy atom. The van der Waals surface area contributed by atoms with Gasteiger partial charge in [0.05, 0.1) is 12.0 Å². The molecule has 0 unspecified atom stereocenters. The van der Waals surface area contributed by atoms with Crippen LogP contribution in [-0.2, 0) is 4.79 Å². The number of hydrogen-bond acceptors (Lipinski definition) is 6. The van der Waals surface area contributed by atoms with E-state index in [-0.39, 0.29) is 17.9 Å². The number of carbonyl (C=O) groups is 2. The van der Waals surface area contributed by atoms with Crippen molar-refractivity contribution in [2.24, 2.45) is 0 Å². The second-order valence-electron chi connectivity index (χ2n) is 5.20. The number of carbonyl (C=O) groups excluding carboxylic acids is 2. The SMILES string of the molecule is COc1ccccc1OCC(=O)NNC(=O)c1ccc([N+](=O)[O-])c(C)c1. The molecular formula is C17H17N3O6. The second kappa shape index (κ2) is 8.47. The molecule has 0 atom stereocenters. The summed E-state index contributed by atoms with van der Waals surface area (Å²) >= 11 is 0. The molecule has 26 heavy (non-hydrogen) atoms. The number of aryl methyl sites for hydroxylation is 1. The third-order valence-electron chi connectivity index (χ3n) is 3.40. The Morgan fingerprint density at radius 1 is 1.12 bits per heavy atom. The van der Waals surface area contributed by atoms with Gasteiger partial charge in [0, 0.05) is 17.2 Å². The first-order chi connectivity index (χ1) is 12.4. The average molecular weight is 359 g/mol. The molecule has 0 heterocycles. The minimum Gasteiger partial charge on any atom is -0.493 e. The van der Waals surface area contributed by atoms with Crippen molar-refractivity contribution in [1.29, 1.82) is 0 Å². The second-order valence-corrected chi connectivity index (χ2v) is 5.20. The van der Waals surface area contributed by atoms with Gasteiger partial charge in [-0.1, -0.05) is 12.1 Å². The van der Waals surface area contributed by atoms with Gasteiger partial charge in [0.1, 0.15) is 0 Å². The van der Waals surface area contributed by atoms with Crippen molar-refractivity contribution in [2.75, 3.05) is 13.7 Å². The van der Waals surface area contributed by atoms with E-state index in [2.05, 4.69) is 10.9 Å². The van der Waals surface area contributed by atoms with Gasteiger partial charge in [0.2, 0.25) is 0 Å². The fraction of sp³-hybridized carbons (Fsp3) is 0.176. The van der Waals surface area contributed by atoms with Gasteiger partial charge < -0.3 is 9.47 Å². The molecule has 0 spiro atoms. The molecule has 136 valence electrons. The van der Waals surface area contributed by atoms with E-state index in [0.717, 1.165) is 0 Å². The van der Waals surface area contributed by atoms with Crippen molar-refractivity contribution in [2.45, 2.75) is 6.92 Å². The molecule has 0 aliphatic carbocycles. The van der Waals surface area contributed by atoms with Crippen LogP contribution in [0.1, 0.15) is 15.9 Å². The number of rotatable bonds is 6. The van der Waals surface area contributed by atoms with Crippen LogP contribution in [0.25, 0.3) is 0 Å². The van der Waals surface area contributed by atoms with Gasteiger partial charge in [-0.3, -0.25) is 30.6 Å². The van der Waals surface area contributed by atoms with Crippen molar-refractivity contribution in [3.63, 3.8) is 0 Å². The summed E-state index contributed by atoms with van der Waals surface area (Å²) in [4.78, 5) is 34.0. The number of hydrogen-bond donors (Lipinski definition) is 2. The van der Waals surface area contributed by atoms with Gasteiger partial charge in [-0.25, -0.2) is 0 Å². The third-order valence-corrected chi connectivity index (χ3v) is 3.40. The summed E-state index contributed by atoms with van der Waals surface area (Å²) in [5.41, 5.74) is 4.86. The molecule has 2 aromatic carbocycles. The maximum atomic E-state index is 12.0. The summed E-state index contributed by atoms with van der Waals surface area (Å²) in [5, 5.41) is 10.8. The molecule has 0 bridgehead atoms. The molecule has 0 radical (unpaired) electrons. The molecule has 0 aliphatic heterocycles. The van der Waals surface area contributed by atoms with Gasteiger partial charge in [-0.2, -0.15) is 0 Å². The van der Waals surface area contributed by atoms with Gasteiger partial charge in [0.15, 0.2) is 18.1 Å². The van der Waals surface area contributed by atoms with Crippen LogP contribution in [0.15, 0.2) is 42.5 Å². The lowest BCUT2D eigenvalue weighted by atomic mass is 10.1. The number of ether oxygens (including phenoxy) is 2. The van der Waals surface area contributed by atoms with Crippen LogP contribution in [0.3, 0.4) is 0 Å². The number of methoxy groups -OCH3 is 1. The maximum absolute atomic E-state index is 12.0. The quantitative estimate of drug-likeness (QED) is 0.599. The minimum atomic E-state index is -0.603. The molecule has 9 heteroatoms. The zero-order chi connectivity index (χ0) is 19.1. The average Bonchev–Trinajstić information content (AvgIpc) is 2.64. The first-order valence-electron chi connectivity index (χ1n) is 7.52. The van der Waals surface area contributed by atoms with Crippen LogP contribution in [0, 0.1) is 17.0 Å². The molecular weight excluding hydrogens is 342 g/mol. The standard InChI is InChI=1S/C17H17N3O6/c1-11-9-12(7-8-13(11)20(23)24)17(22)19-18-16(21)10-26-15-6-4-3-5-14(15)25-2/h3-9H,10H2,1-2H3,(H,18,21)(H,19,22). The molecule has 0 aromatic heterocycles. The van der Waals surface area contributed by atoms with E-state index >= 15 is 0 Å². The number of amides is 2. The number of para-hydroxylation sites is 2. The molecule has 2 N–H and O–H groups in total.